The van der Waals surface area contributed by atoms with Crippen molar-refractivity contribution >= 4 is 11.6 Å². The minimum atomic E-state index is -0.507. The first-order valence-electron chi connectivity index (χ1n) is 10.1. The van der Waals surface area contributed by atoms with Crippen molar-refractivity contribution in [2.45, 2.75) is 58.3 Å². The molecule has 3 heterocycles. The highest BCUT2D eigenvalue weighted by Crippen LogP contribution is 2.33. The number of aromatic nitrogens is 5. The summed E-state index contributed by atoms with van der Waals surface area (Å²) in [7, 11) is 3.64. The van der Waals surface area contributed by atoms with Crippen molar-refractivity contribution in [1.29, 1.82) is 0 Å². The number of rotatable bonds is 4. The number of aryl methyl sites for hydroxylation is 2. The smallest absolute Gasteiger partial charge is 0.410 e. The van der Waals surface area contributed by atoms with Crippen LogP contribution in [0.25, 0.3) is 16.8 Å². The van der Waals surface area contributed by atoms with Gasteiger partial charge in [0.1, 0.15) is 17.2 Å². The standard InChI is InChI=1S/C21H28N6O3/c1-13-9-23-27-12-17(14-10-22-25(5)11-14)24-19(18(13)27)29-16-7-15(8-16)26(6)20(28)30-21(2,3)4/h9-12,15-16H,7-8H2,1-6H3. The molecule has 0 spiro atoms. The van der Waals surface area contributed by atoms with Crippen LogP contribution < -0.4 is 4.74 Å². The molecule has 4 rings (SSSR count). The molecule has 3 aromatic heterocycles. The molecule has 9 heteroatoms. The average Bonchev–Trinajstić information content (AvgIpc) is 3.21. The minimum absolute atomic E-state index is 0.0189. The molecule has 0 aromatic carbocycles. The third-order valence-corrected chi connectivity index (χ3v) is 5.23. The van der Waals surface area contributed by atoms with Gasteiger partial charge in [0.25, 0.3) is 0 Å². The summed E-state index contributed by atoms with van der Waals surface area (Å²) in [6, 6.07) is 0.0911. The molecule has 30 heavy (non-hydrogen) atoms. The minimum Gasteiger partial charge on any atom is -0.473 e. The Morgan fingerprint density at radius 1 is 1.20 bits per heavy atom. The monoisotopic (exact) mass is 412 g/mol. The van der Waals surface area contributed by atoms with Crippen molar-refractivity contribution in [3.05, 3.63) is 30.4 Å². The molecule has 3 aromatic rings. The number of carbonyl (C=O) groups excluding carboxylic acids is 1. The average molecular weight is 412 g/mol. The van der Waals surface area contributed by atoms with Gasteiger partial charge in [0, 0.05) is 50.3 Å². The van der Waals surface area contributed by atoms with Gasteiger partial charge < -0.3 is 14.4 Å². The molecular weight excluding hydrogens is 384 g/mol. The van der Waals surface area contributed by atoms with Crippen LogP contribution in [0, 0.1) is 6.92 Å². The van der Waals surface area contributed by atoms with Gasteiger partial charge in [-0.15, -0.1) is 0 Å². The highest BCUT2D eigenvalue weighted by Gasteiger charge is 2.38. The van der Waals surface area contributed by atoms with E-state index in [1.54, 1.807) is 33.5 Å². The van der Waals surface area contributed by atoms with Gasteiger partial charge in [-0.3, -0.25) is 4.68 Å². The van der Waals surface area contributed by atoms with E-state index in [9.17, 15) is 4.79 Å². The number of fused-ring (bicyclic) bond motifs is 1. The van der Waals surface area contributed by atoms with Crippen LogP contribution in [0.2, 0.25) is 0 Å². The highest BCUT2D eigenvalue weighted by molar-refractivity contribution is 5.68. The second kappa shape index (κ2) is 7.30. The molecule has 160 valence electrons. The van der Waals surface area contributed by atoms with Crippen LogP contribution in [0.3, 0.4) is 0 Å². The van der Waals surface area contributed by atoms with Gasteiger partial charge in [0.15, 0.2) is 0 Å². The molecule has 9 nitrogen and oxygen atoms in total. The summed E-state index contributed by atoms with van der Waals surface area (Å²) in [5.74, 6) is 0.551. The zero-order valence-corrected chi connectivity index (χ0v) is 18.3. The van der Waals surface area contributed by atoms with Gasteiger partial charge in [-0.25, -0.2) is 14.3 Å². The zero-order valence-electron chi connectivity index (χ0n) is 18.3. The number of ether oxygens (including phenoxy) is 2. The first-order valence-corrected chi connectivity index (χ1v) is 10.1. The lowest BCUT2D eigenvalue weighted by molar-refractivity contribution is -0.00937. The molecule has 0 unspecified atom stereocenters. The maximum Gasteiger partial charge on any atom is 0.410 e. The predicted molar refractivity (Wildman–Crippen MR) is 111 cm³/mol. The van der Waals surface area contributed by atoms with E-state index >= 15 is 0 Å². The van der Waals surface area contributed by atoms with Gasteiger partial charge in [0.2, 0.25) is 5.88 Å². The Labute approximate surface area is 175 Å². The van der Waals surface area contributed by atoms with E-state index in [2.05, 4.69) is 10.2 Å². The number of nitrogens with zero attached hydrogens (tertiary/aromatic N) is 6. The molecule has 1 amide bonds. The Morgan fingerprint density at radius 3 is 2.57 bits per heavy atom. The van der Waals surface area contributed by atoms with Crippen LogP contribution in [0.4, 0.5) is 4.79 Å². The third-order valence-electron chi connectivity index (χ3n) is 5.23. The molecule has 0 bridgehead atoms. The van der Waals surface area contributed by atoms with Crippen molar-refractivity contribution in [2.24, 2.45) is 7.05 Å². The van der Waals surface area contributed by atoms with E-state index in [0.29, 0.717) is 5.88 Å². The molecule has 0 aliphatic heterocycles. The molecule has 0 atom stereocenters. The molecule has 0 N–H and O–H groups in total. The highest BCUT2D eigenvalue weighted by atomic mass is 16.6. The number of carbonyl (C=O) groups is 1. The lowest BCUT2D eigenvalue weighted by Gasteiger charge is -2.40. The van der Waals surface area contributed by atoms with E-state index in [1.165, 1.54) is 0 Å². The van der Waals surface area contributed by atoms with Crippen molar-refractivity contribution in [3.8, 4) is 17.1 Å². The molecule has 0 saturated heterocycles. The maximum atomic E-state index is 12.3. The van der Waals surface area contributed by atoms with Crippen molar-refractivity contribution in [1.82, 2.24) is 29.3 Å². The maximum absolute atomic E-state index is 12.3. The van der Waals surface area contributed by atoms with Crippen molar-refractivity contribution in [2.75, 3.05) is 7.05 Å². The third kappa shape index (κ3) is 3.96. The normalized spacial score (nSPS) is 18.9. The van der Waals surface area contributed by atoms with E-state index in [0.717, 1.165) is 35.2 Å². The Hall–Kier alpha value is -3.10. The number of hydrogen-bond donors (Lipinski definition) is 0. The van der Waals surface area contributed by atoms with Gasteiger partial charge >= 0.3 is 6.09 Å². The van der Waals surface area contributed by atoms with Crippen LogP contribution >= 0.6 is 0 Å². The second-order valence-corrected chi connectivity index (χ2v) is 8.91. The fourth-order valence-corrected chi connectivity index (χ4v) is 3.49. The SMILES string of the molecule is Cc1cnn2cc(-c3cnn(C)c3)nc(OC3CC(N(C)C(=O)OC(C)(C)C)C3)c12. The quantitative estimate of drug-likeness (QED) is 0.654. The summed E-state index contributed by atoms with van der Waals surface area (Å²) in [6.45, 7) is 7.59. The fraction of sp³-hybridized carbons (Fsp3) is 0.524. The Balaban J connectivity index is 1.50. The molecular formula is C21H28N6O3. The molecule has 1 saturated carbocycles. The van der Waals surface area contributed by atoms with Crippen LogP contribution in [0.15, 0.2) is 24.8 Å². The topological polar surface area (TPSA) is 86.8 Å². The second-order valence-electron chi connectivity index (χ2n) is 8.91. The van der Waals surface area contributed by atoms with Crippen molar-refractivity contribution < 1.29 is 14.3 Å². The van der Waals surface area contributed by atoms with Crippen LogP contribution in [0.5, 0.6) is 5.88 Å². The summed E-state index contributed by atoms with van der Waals surface area (Å²) in [4.78, 5) is 18.7. The Kier molecular flexibility index (Phi) is 4.91. The first-order chi connectivity index (χ1) is 14.1. The molecule has 1 fully saturated rings. The Morgan fingerprint density at radius 2 is 1.93 bits per heavy atom. The number of hydrogen-bond acceptors (Lipinski definition) is 6. The van der Waals surface area contributed by atoms with Crippen molar-refractivity contribution in [3.63, 3.8) is 0 Å². The fourth-order valence-electron chi connectivity index (χ4n) is 3.49. The molecule has 0 radical (unpaired) electrons. The lowest BCUT2D eigenvalue weighted by atomic mass is 9.88. The predicted octanol–water partition coefficient (Wildman–Crippen LogP) is 3.21. The largest absolute Gasteiger partial charge is 0.473 e. The van der Waals surface area contributed by atoms with Gasteiger partial charge in [0.05, 0.1) is 24.3 Å². The molecule has 1 aliphatic rings. The number of amides is 1. The van der Waals surface area contributed by atoms with E-state index < -0.39 is 5.60 Å². The van der Waals surface area contributed by atoms with E-state index in [1.807, 2.05) is 47.1 Å². The summed E-state index contributed by atoms with van der Waals surface area (Å²) in [5.41, 5.74) is 2.99. The zero-order chi connectivity index (χ0) is 21.6. The summed E-state index contributed by atoms with van der Waals surface area (Å²) in [5, 5.41) is 8.65. The summed E-state index contributed by atoms with van der Waals surface area (Å²) < 4.78 is 15.2. The van der Waals surface area contributed by atoms with Gasteiger partial charge in [-0.2, -0.15) is 10.2 Å². The summed E-state index contributed by atoms with van der Waals surface area (Å²) in [6.07, 6.45) is 8.49. The lowest BCUT2D eigenvalue weighted by Crippen LogP contribution is -2.51. The van der Waals surface area contributed by atoms with Gasteiger partial charge in [-0.1, -0.05) is 0 Å². The van der Waals surface area contributed by atoms with E-state index in [4.69, 9.17) is 14.5 Å². The van der Waals surface area contributed by atoms with Crippen LogP contribution in [-0.4, -0.2) is 60.2 Å². The van der Waals surface area contributed by atoms with E-state index in [-0.39, 0.29) is 18.2 Å². The molecule has 1 aliphatic carbocycles. The summed E-state index contributed by atoms with van der Waals surface area (Å²) >= 11 is 0. The van der Waals surface area contributed by atoms with Gasteiger partial charge in [-0.05, 0) is 27.7 Å². The van der Waals surface area contributed by atoms with Crippen LogP contribution in [0.1, 0.15) is 39.2 Å². The van der Waals surface area contributed by atoms with Crippen LogP contribution in [-0.2, 0) is 11.8 Å². The Bertz CT molecular complexity index is 1070. The first kappa shape index (κ1) is 20.2.